The van der Waals surface area contributed by atoms with Gasteiger partial charge in [-0.05, 0) is 23.9 Å². The van der Waals surface area contributed by atoms with E-state index in [-0.39, 0.29) is 11.0 Å². The van der Waals surface area contributed by atoms with E-state index in [0.717, 1.165) is 42.1 Å². The number of thiophene rings is 1. The molecule has 0 saturated heterocycles. The normalized spacial score (nSPS) is 15.7. The average Bonchev–Trinajstić information content (AvgIpc) is 3.15. The molecule has 4 rings (SSSR count). The molecule has 3 aromatic rings. The van der Waals surface area contributed by atoms with Gasteiger partial charge in [0.2, 0.25) is 0 Å². The second-order valence-corrected chi connectivity index (χ2v) is 8.94. The van der Waals surface area contributed by atoms with Crippen LogP contribution in [-0.4, -0.2) is 26.0 Å². The van der Waals surface area contributed by atoms with Crippen molar-refractivity contribution in [1.29, 1.82) is 0 Å². The molecule has 4 heterocycles. The molecule has 0 unspecified atom stereocenters. The van der Waals surface area contributed by atoms with Gasteiger partial charge in [-0.15, -0.1) is 11.3 Å². The summed E-state index contributed by atoms with van der Waals surface area (Å²) in [5, 5.41) is 5.38. The highest BCUT2D eigenvalue weighted by molar-refractivity contribution is 7.10. The highest BCUT2D eigenvalue weighted by Gasteiger charge is 2.24. The molecule has 25 heavy (non-hydrogen) atoms. The highest BCUT2D eigenvalue weighted by Crippen LogP contribution is 2.24. The Morgan fingerprint density at radius 1 is 1.36 bits per heavy atom. The van der Waals surface area contributed by atoms with Gasteiger partial charge >= 0.3 is 0 Å². The zero-order chi connectivity index (χ0) is 17.8. The summed E-state index contributed by atoms with van der Waals surface area (Å²) >= 11 is 1.79. The number of nitrogens with zero attached hydrogens (tertiary/aromatic N) is 3. The molecule has 132 valence electrons. The lowest BCUT2D eigenvalue weighted by Crippen LogP contribution is -2.36. The van der Waals surface area contributed by atoms with Crippen molar-refractivity contribution in [3.63, 3.8) is 0 Å². The van der Waals surface area contributed by atoms with E-state index in [9.17, 15) is 4.79 Å². The molecular weight excluding hydrogens is 332 g/mol. The largest absolute Gasteiger partial charge is 0.293 e. The van der Waals surface area contributed by atoms with Crippen molar-refractivity contribution in [1.82, 2.24) is 19.5 Å². The first-order chi connectivity index (χ1) is 11.8. The Hall–Kier alpha value is -1.92. The molecule has 1 aliphatic heterocycles. The molecule has 0 fully saturated rings. The maximum Gasteiger partial charge on any atom is 0.277 e. The van der Waals surface area contributed by atoms with Gasteiger partial charge in [-0.25, -0.2) is 9.50 Å². The van der Waals surface area contributed by atoms with Gasteiger partial charge < -0.3 is 0 Å². The number of aromatic nitrogens is 3. The summed E-state index contributed by atoms with van der Waals surface area (Å²) in [6, 6.07) is 4.16. The minimum absolute atomic E-state index is 0.0383. The first kappa shape index (κ1) is 16.5. The zero-order valence-electron chi connectivity index (χ0n) is 15.2. The molecule has 5 nitrogen and oxygen atoms in total. The van der Waals surface area contributed by atoms with Crippen LogP contribution in [0.3, 0.4) is 0 Å². The zero-order valence-corrected chi connectivity index (χ0v) is 16.0. The van der Waals surface area contributed by atoms with E-state index in [1.54, 1.807) is 15.9 Å². The van der Waals surface area contributed by atoms with Crippen LogP contribution in [0.1, 0.15) is 48.2 Å². The predicted octanol–water partition coefficient (Wildman–Crippen LogP) is 3.25. The lowest BCUT2D eigenvalue weighted by Gasteiger charge is -2.27. The molecule has 0 aromatic carbocycles. The number of rotatable bonds is 2. The molecule has 0 amide bonds. The summed E-state index contributed by atoms with van der Waals surface area (Å²) in [5.74, 6) is 0. The van der Waals surface area contributed by atoms with Gasteiger partial charge in [0.05, 0.1) is 11.3 Å². The third-order valence-electron chi connectivity index (χ3n) is 4.98. The molecule has 0 atom stereocenters. The smallest absolute Gasteiger partial charge is 0.277 e. The monoisotopic (exact) mass is 356 g/mol. The third-order valence-corrected chi connectivity index (χ3v) is 5.99. The van der Waals surface area contributed by atoms with Gasteiger partial charge in [-0.2, -0.15) is 0 Å². The third kappa shape index (κ3) is 2.93. The van der Waals surface area contributed by atoms with E-state index >= 15 is 0 Å². The molecular formula is C19H24N4OS. The molecule has 0 aliphatic carbocycles. The quantitative estimate of drug-likeness (QED) is 0.767. The summed E-state index contributed by atoms with van der Waals surface area (Å²) < 4.78 is 1.61. The summed E-state index contributed by atoms with van der Waals surface area (Å²) in [6.45, 7) is 11.1. The van der Waals surface area contributed by atoms with Crippen LogP contribution in [0.15, 0.2) is 22.3 Å². The Morgan fingerprint density at radius 2 is 2.16 bits per heavy atom. The van der Waals surface area contributed by atoms with Crippen molar-refractivity contribution < 1.29 is 0 Å². The minimum Gasteiger partial charge on any atom is -0.293 e. The van der Waals surface area contributed by atoms with Crippen LogP contribution in [-0.2, 0) is 24.9 Å². The van der Waals surface area contributed by atoms with E-state index in [2.05, 4.69) is 49.1 Å². The maximum absolute atomic E-state index is 13.0. The number of fused-ring (bicyclic) bond motifs is 2. The van der Waals surface area contributed by atoms with Gasteiger partial charge in [-0.1, -0.05) is 20.8 Å². The van der Waals surface area contributed by atoms with Gasteiger partial charge in [0.1, 0.15) is 0 Å². The fourth-order valence-electron chi connectivity index (χ4n) is 3.33. The Morgan fingerprint density at radius 3 is 2.84 bits per heavy atom. The second kappa shape index (κ2) is 5.81. The van der Waals surface area contributed by atoms with Crippen LogP contribution in [0.2, 0.25) is 0 Å². The van der Waals surface area contributed by atoms with Gasteiger partial charge in [0.25, 0.3) is 5.56 Å². The Kier molecular flexibility index (Phi) is 3.85. The number of nitrogens with one attached hydrogen (secondary N) is 1. The second-order valence-electron chi connectivity index (χ2n) is 7.94. The van der Waals surface area contributed by atoms with E-state index in [4.69, 9.17) is 4.98 Å². The predicted molar refractivity (Wildman–Crippen MR) is 101 cm³/mol. The Bertz CT molecular complexity index is 989. The summed E-state index contributed by atoms with van der Waals surface area (Å²) in [4.78, 5) is 21.5. The Labute approximate surface area is 151 Å². The first-order valence-electron chi connectivity index (χ1n) is 8.72. The summed E-state index contributed by atoms with van der Waals surface area (Å²) in [6.07, 6.45) is 0.835. The van der Waals surface area contributed by atoms with E-state index in [0.29, 0.717) is 6.54 Å². The standard InChI is InChI=1S/C19H24N4OS/c1-12-6-8-25-15(12)11-22-7-5-14-13(10-22)18(24)23-17(20-14)9-16(21-23)19(2,3)4/h6,8-9,21H,5,7,10-11H2,1-4H3. The van der Waals surface area contributed by atoms with Gasteiger partial charge in [0.15, 0.2) is 5.65 Å². The lowest BCUT2D eigenvalue weighted by atomic mass is 9.93. The molecule has 0 radical (unpaired) electrons. The van der Waals surface area contributed by atoms with Crippen molar-refractivity contribution in [3.05, 3.63) is 55.3 Å². The number of aromatic amines is 1. The molecule has 3 aromatic heterocycles. The van der Waals surface area contributed by atoms with Crippen LogP contribution in [0.5, 0.6) is 0 Å². The maximum atomic E-state index is 13.0. The van der Waals surface area contributed by atoms with Crippen molar-refractivity contribution in [3.8, 4) is 0 Å². The van der Waals surface area contributed by atoms with Crippen molar-refractivity contribution in [2.75, 3.05) is 6.54 Å². The minimum atomic E-state index is -0.0383. The van der Waals surface area contributed by atoms with Crippen LogP contribution in [0.4, 0.5) is 0 Å². The first-order valence-corrected chi connectivity index (χ1v) is 9.60. The molecule has 1 aliphatic rings. The number of H-pyrrole nitrogens is 1. The average molecular weight is 356 g/mol. The van der Waals surface area contributed by atoms with Crippen molar-refractivity contribution in [2.45, 2.75) is 52.6 Å². The van der Waals surface area contributed by atoms with Crippen LogP contribution in [0, 0.1) is 6.92 Å². The van der Waals surface area contributed by atoms with E-state index < -0.39 is 0 Å². The van der Waals surface area contributed by atoms with Crippen molar-refractivity contribution >= 4 is 17.0 Å². The number of hydrogen-bond donors (Lipinski definition) is 1. The molecule has 1 N–H and O–H groups in total. The highest BCUT2D eigenvalue weighted by atomic mass is 32.1. The summed E-state index contributed by atoms with van der Waals surface area (Å²) in [5.41, 5.74) is 4.90. The van der Waals surface area contributed by atoms with Crippen LogP contribution >= 0.6 is 11.3 Å². The van der Waals surface area contributed by atoms with Crippen molar-refractivity contribution in [2.24, 2.45) is 0 Å². The topological polar surface area (TPSA) is 53.4 Å². The van der Waals surface area contributed by atoms with Crippen LogP contribution in [0.25, 0.3) is 5.65 Å². The molecule has 6 heteroatoms. The molecule has 0 bridgehead atoms. The number of aryl methyl sites for hydroxylation is 1. The lowest BCUT2D eigenvalue weighted by molar-refractivity contribution is 0.243. The fourth-order valence-corrected chi connectivity index (χ4v) is 4.27. The van der Waals surface area contributed by atoms with Gasteiger partial charge in [-0.3, -0.25) is 14.8 Å². The molecule has 0 spiro atoms. The Balaban J connectivity index is 1.70. The van der Waals surface area contributed by atoms with E-state index in [1.807, 2.05) is 6.07 Å². The van der Waals surface area contributed by atoms with E-state index in [1.165, 1.54) is 10.4 Å². The SMILES string of the molecule is Cc1ccsc1CN1CCc2nc3cc(C(C)(C)C)[nH]n3c(=O)c2C1. The van der Waals surface area contributed by atoms with Crippen LogP contribution < -0.4 is 5.56 Å². The van der Waals surface area contributed by atoms with Gasteiger partial charge in [0, 0.05) is 48.1 Å². The molecule has 0 saturated carbocycles. The number of hydrogen-bond acceptors (Lipinski definition) is 4. The fraction of sp³-hybridized carbons (Fsp3) is 0.474. The summed E-state index contributed by atoms with van der Waals surface area (Å²) in [7, 11) is 0.